The highest BCUT2D eigenvalue weighted by Crippen LogP contribution is 2.31. The number of carboxylic acid groups (broad SMARTS) is 1. The molecule has 2 aromatic carbocycles. The van der Waals surface area contributed by atoms with Crippen LogP contribution in [0.3, 0.4) is 0 Å². The number of aromatic amines is 1. The van der Waals surface area contributed by atoms with Crippen molar-refractivity contribution in [2.45, 2.75) is 32.1 Å². The maximum atomic E-state index is 13.3. The van der Waals surface area contributed by atoms with Gasteiger partial charge in [0.1, 0.15) is 0 Å². The van der Waals surface area contributed by atoms with E-state index in [2.05, 4.69) is 17.1 Å². The summed E-state index contributed by atoms with van der Waals surface area (Å²) in [5.41, 5.74) is 4.41. The second-order valence-electron chi connectivity index (χ2n) is 7.40. The second-order valence-corrected chi connectivity index (χ2v) is 7.40. The minimum Gasteiger partial charge on any atom is -0.481 e. The van der Waals surface area contributed by atoms with Crippen molar-refractivity contribution in [3.05, 3.63) is 65.9 Å². The lowest BCUT2D eigenvalue weighted by atomic mass is 9.93. The SMILES string of the molecule is O=C(O)CCC(CCc1c[nH]c2ccccc12)C(=O)N1CCc2ccccc21. The van der Waals surface area contributed by atoms with E-state index in [4.69, 9.17) is 5.11 Å². The van der Waals surface area contributed by atoms with Gasteiger partial charge in [-0.25, -0.2) is 0 Å². The van der Waals surface area contributed by atoms with Gasteiger partial charge in [-0.2, -0.15) is 0 Å². The quantitative estimate of drug-likeness (QED) is 0.650. The average Bonchev–Trinajstić information content (AvgIpc) is 3.31. The van der Waals surface area contributed by atoms with E-state index in [1.165, 1.54) is 16.5 Å². The highest BCUT2D eigenvalue weighted by atomic mass is 16.4. The summed E-state index contributed by atoms with van der Waals surface area (Å²) in [4.78, 5) is 29.5. The first-order valence-corrected chi connectivity index (χ1v) is 9.79. The van der Waals surface area contributed by atoms with Crippen molar-refractivity contribution >= 4 is 28.5 Å². The van der Waals surface area contributed by atoms with Gasteiger partial charge in [0.2, 0.25) is 5.91 Å². The van der Waals surface area contributed by atoms with Crippen LogP contribution in [0.2, 0.25) is 0 Å². The van der Waals surface area contributed by atoms with Crippen molar-refractivity contribution < 1.29 is 14.7 Å². The van der Waals surface area contributed by atoms with E-state index in [0.717, 1.165) is 24.0 Å². The molecule has 1 aliphatic heterocycles. The largest absolute Gasteiger partial charge is 0.481 e. The molecule has 0 radical (unpaired) electrons. The van der Waals surface area contributed by atoms with Crippen LogP contribution >= 0.6 is 0 Å². The number of amides is 1. The molecule has 0 spiro atoms. The van der Waals surface area contributed by atoms with Gasteiger partial charge in [-0.05, 0) is 48.9 Å². The molecule has 0 aliphatic carbocycles. The Hall–Kier alpha value is -3.08. The molecule has 5 heteroatoms. The lowest BCUT2D eigenvalue weighted by Gasteiger charge is -2.24. The zero-order chi connectivity index (χ0) is 19.5. The molecule has 1 atom stereocenters. The standard InChI is InChI=1S/C23H24N2O3/c26-22(27)12-11-17(9-10-18-15-24-20-7-3-2-6-19(18)20)23(28)25-14-13-16-5-1-4-8-21(16)25/h1-8,15,17,24H,9-14H2,(H,26,27). The van der Waals surface area contributed by atoms with E-state index in [-0.39, 0.29) is 18.2 Å². The number of aromatic nitrogens is 1. The monoisotopic (exact) mass is 376 g/mol. The van der Waals surface area contributed by atoms with Crippen molar-refractivity contribution in [1.29, 1.82) is 0 Å². The van der Waals surface area contributed by atoms with Crippen molar-refractivity contribution in [3.8, 4) is 0 Å². The van der Waals surface area contributed by atoms with Crippen molar-refractivity contribution in [2.75, 3.05) is 11.4 Å². The van der Waals surface area contributed by atoms with Crippen LogP contribution in [-0.2, 0) is 22.4 Å². The molecule has 2 heterocycles. The molecule has 0 saturated carbocycles. The molecular weight excluding hydrogens is 352 g/mol. The number of carbonyl (C=O) groups is 2. The van der Waals surface area contributed by atoms with Gasteiger partial charge in [-0.3, -0.25) is 9.59 Å². The summed E-state index contributed by atoms with van der Waals surface area (Å²) >= 11 is 0. The van der Waals surface area contributed by atoms with Gasteiger partial charge in [-0.15, -0.1) is 0 Å². The number of nitrogens with zero attached hydrogens (tertiary/aromatic N) is 1. The number of nitrogens with one attached hydrogen (secondary N) is 1. The molecule has 4 rings (SSSR count). The summed E-state index contributed by atoms with van der Waals surface area (Å²) in [6.45, 7) is 0.675. The zero-order valence-corrected chi connectivity index (χ0v) is 15.7. The fourth-order valence-corrected chi connectivity index (χ4v) is 4.14. The second kappa shape index (κ2) is 7.89. The topological polar surface area (TPSA) is 73.4 Å². The molecule has 0 bridgehead atoms. The van der Waals surface area contributed by atoms with E-state index in [0.29, 0.717) is 19.4 Å². The lowest BCUT2D eigenvalue weighted by Crippen LogP contribution is -2.35. The molecule has 1 unspecified atom stereocenters. The first kappa shape index (κ1) is 18.3. The highest BCUT2D eigenvalue weighted by Gasteiger charge is 2.30. The number of fused-ring (bicyclic) bond motifs is 2. The predicted octanol–water partition coefficient (Wildman–Crippen LogP) is 4.17. The summed E-state index contributed by atoms with van der Waals surface area (Å²) in [6, 6.07) is 16.1. The van der Waals surface area contributed by atoms with Crippen LogP contribution in [0.15, 0.2) is 54.7 Å². The van der Waals surface area contributed by atoms with Gasteiger partial charge < -0.3 is 15.0 Å². The van der Waals surface area contributed by atoms with E-state index in [1.54, 1.807) is 0 Å². The van der Waals surface area contributed by atoms with Crippen LogP contribution < -0.4 is 4.90 Å². The number of carbonyl (C=O) groups excluding carboxylic acids is 1. The van der Waals surface area contributed by atoms with Gasteiger partial charge in [-0.1, -0.05) is 36.4 Å². The van der Waals surface area contributed by atoms with Gasteiger partial charge in [0.25, 0.3) is 0 Å². The Morgan fingerprint density at radius 3 is 2.71 bits per heavy atom. The van der Waals surface area contributed by atoms with Crippen LogP contribution in [-0.4, -0.2) is 28.5 Å². The molecule has 0 saturated heterocycles. The van der Waals surface area contributed by atoms with Gasteiger partial charge >= 0.3 is 5.97 Å². The minimum atomic E-state index is -0.855. The van der Waals surface area contributed by atoms with Gasteiger partial charge in [0.05, 0.1) is 0 Å². The van der Waals surface area contributed by atoms with Crippen molar-refractivity contribution in [2.24, 2.45) is 5.92 Å². The highest BCUT2D eigenvalue weighted by molar-refractivity contribution is 5.97. The van der Waals surface area contributed by atoms with E-state index in [9.17, 15) is 9.59 Å². The van der Waals surface area contributed by atoms with Crippen LogP contribution in [0.4, 0.5) is 5.69 Å². The first-order valence-electron chi connectivity index (χ1n) is 9.79. The maximum absolute atomic E-state index is 13.3. The molecular formula is C23H24N2O3. The number of benzene rings is 2. The maximum Gasteiger partial charge on any atom is 0.303 e. The van der Waals surface area contributed by atoms with Crippen LogP contribution in [0.25, 0.3) is 10.9 Å². The summed E-state index contributed by atoms with van der Waals surface area (Å²) in [7, 11) is 0. The Balaban J connectivity index is 1.52. The Morgan fingerprint density at radius 1 is 1.07 bits per heavy atom. The lowest BCUT2D eigenvalue weighted by molar-refractivity contribution is -0.137. The first-order chi connectivity index (χ1) is 13.6. The number of anilines is 1. The number of aliphatic carboxylic acids is 1. The fourth-order valence-electron chi connectivity index (χ4n) is 4.14. The molecule has 0 fully saturated rings. The zero-order valence-electron chi connectivity index (χ0n) is 15.7. The van der Waals surface area contributed by atoms with Gasteiger partial charge in [0.15, 0.2) is 0 Å². The normalized spacial score (nSPS) is 14.2. The number of carboxylic acids is 1. The molecule has 2 N–H and O–H groups in total. The third-order valence-corrected chi connectivity index (χ3v) is 5.65. The number of para-hydroxylation sites is 2. The number of aryl methyl sites for hydroxylation is 1. The summed E-state index contributed by atoms with van der Waals surface area (Å²) < 4.78 is 0. The van der Waals surface area contributed by atoms with Crippen molar-refractivity contribution in [3.63, 3.8) is 0 Å². The van der Waals surface area contributed by atoms with Crippen LogP contribution in [0.1, 0.15) is 30.4 Å². The van der Waals surface area contributed by atoms with Crippen LogP contribution in [0, 0.1) is 5.92 Å². The molecule has 1 amide bonds. The Kier molecular flexibility index (Phi) is 5.15. The molecule has 1 aliphatic rings. The summed E-state index contributed by atoms with van der Waals surface area (Å²) in [5, 5.41) is 10.3. The number of hydrogen-bond donors (Lipinski definition) is 2. The molecule has 5 nitrogen and oxygen atoms in total. The van der Waals surface area contributed by atoms with E-state index >= 15 is 0 Å². The Labute approximate surface area is 164 Å². The number of hydrogen-bond acceptors (Lipinski definition) is 2. The van der Waals surface area contributed by atoms with Crippen LogP contribution in [0.5, 0.6) is 0 Å². The van der Waals surface area contributed by atoms with E-state index in [1.807, 2.05) is 47.5 Å². The average molecular weight is 376 g/mol. The molecule has 28 heavy (non-hydrogen) atoms. The third kappa shape index (κ3) is 3.65. The fraction of sp³-hybridized carbons (Fsp3) is 0.304. The number of rotatable bonds is 7. The molecule has 3 aromatic rings. The van der Waals surface area contributed by atoms with Crippen molar-refractivity contribution in [1.82, 2.24) is 4.98 Å². The Morgan fingerprint density at radius 2 is 1.86 bits per heavy atom. The molecule has 144 valence electrons. The summed E-state index contributed by atoms with van der Waals surface area (Å²) in [5.74, 6) is -1.10. The Bertz CT molecular complexity index is 1010. The minimum absolute atomic E-state index is 0.0137. The third-order valence-electron chi connectivity index (χ3n) is 5.65. The molecule has 1 aromatic heterocycles. The van der Waals surface area contributed by atoms with Gasteiger partial charge in [0, 0.05) is 41.7 Å². The number of H-pyrrole nitrogens is 1. The smallest absolute Gasteiger partial charge is 0.303 e. The predicted molar refractivity (Wildman–Crippen MR) is 109 cm³/mol. The van der Waals surface area contributed by atoms with E-state index < -0.39 is 5.97 Å². The summed E-state index contributed by atoms with van der Waals surface area (Å²) in [6.07, 6.45) is 4.63.